The number of hydrogen-bond donors (Lipinski definition) is 2. The van der Waals surface area contributed by atoms with Gasteiger partial charge in [-0.15, -0.1) is 0 Å². The smallest absolute Gasteiger partial charge is 0.438 e. The molecule has 3 fully saturated rings. The van der Waals surface area contributed by atoms with Gasteiger partial charge in [-0.2, -0.15) is 5.26 Å². The molecule has 2 N–H and O–H groups in total. The first-order valence-electron chi connectivity index (χ1n) is 15.7. The van der Waals surface area contributed by atoms with Gasteiger partial charge in [0.2, 0.25) is 6.79 Å². The van der Waals surface area contributed by atoms with E-state index in [1.54, 1.807) is 6.07 Å². The average Bonchev–Trinajstić information content (AvgIpc) is 3.66. The van der Waals surface area contributed by atoms with E-state index in [9.17, 15) is 37.1 Å². The fourth-order valence-corrected chi connectivity index (χ4v) is 9.85. The summed E-state index contributed by atoms with van der Waals surface area (Å²) in [5, 5.41) is 13.2. The molecule has 1 unspecified atom stereocenters. The van der Waals surface area contributed by atoms with E-state index in [-0.39, 0.29) is 41.7 Å². The molecule has 1 aliphatic carbocycles. The van der Waals surface area contributed by atoms with Crippen molar-refractivity contribution in [3.05, 3.63) is 23.0 Å². The Morgan fingerprint density at radius 3 is 2.67 bits per heavy atom. The van der Waals surface area contributed by atoms with Crippen molar-refractivity contribution in [2.45, 2.75) is 101 Å². The third kappa shape index (κ3) is 8.58. The second-order valence-electron chi connectivity index (χ2n) is 12.1. The Hall–Kier alpha value is -3.00. The number of nitriles is 1. The van der Waals surface area contributed by atoms with Gasteiger partial charge < -0.3 is 33.7 Å². The maximum atomic E-state index is 13.5. The van der Waals surface area contributed by atoms with E-state index in [4.69, 9.17) is 35.1 Å². The first kappa shape index (κ1) is 36.3. The summed E-state index contributed by atoms with van der Waals surface area (Å²) in [6.45, 7) is 1.20. The Labute approximate surface area is 281 Å². The van der Waals surface area contributed by atoms with Crippen LogP contribution in [-0.2, 0) is 42.7 Å². The molecule has 19 heteroatoms. The molecule has 2 aromatic rings. The zero-order valence-corrected chi connectivity index (χ0v) is 28.6. The standard InChI is InChI=1S/C29H37ClFN4O11PS/c1-2-3-4-5-6-7-8-22(36)42-15-43-47(38,39)16-48(40,41)14-21-24-25(46-29(37)45-24)28(44-21)35-10-9-19-23(33-18-11-17(31)12-18)20(13-32)26(30)34-27(19)35/h9-10,17-18,21,24-25,28H,2-8,11-12,14-16H2,1H3,(H,33,34)(H,38,39)/t17?,18?,21-,24-,25-,28-/m1/s1. The van der Waals surface area contributed by atoms with E-state index in [1.165, 1.54) is 10.8 Å². The van der Waals surface area contributed by atoms with Crippen molar-refractivity contribution in [2.75, 3.05) is 23.4 Å². The molecule has 2 aromatic heterocycles. The summed E-state index contributed by atoms with van der Waals surface area (Å²) in [5.41, 5.74) is -0.727. The quantitative estimate of drug-likeness (QED) is 0.0713. The first-order valence-corrected chi connectivity index (χ1v) is 19.6. The molecule has 5 rings (SSSR count). The second-order valence-corrected chi connectivity index (χ2v) is 16.8. The van der Waals surface area contributed by atoms with Crippen molar-refractivity contribution in [1.82, 2.24) is 9.55 Å². The van der Waals surface area contributed by atoms with Crippen LogP contribution >= 0.6 is 19.2 Å². The fraction of sp³-hybridized carbons (Fsp3) is 0.655. The maximum absolute atomic E-state index is 13.5. The number of sulfone groups is 1. The van der Waals surface area contributed by atoms with E-state index in [0.717, 1.165) is 32.1 Å². The minimum atomic E-state index is -4.79. The van der Waals surface area contributed by atoms with Crippen LogP contribution in [0.1, 0.15) is 76.5 Å². The highest BCUT2D eigenvalue weighted by atomic mass is 35.5. The fourth-order valence-electron chi connectivity index (χ4n) is 5.94. The molecule has 0 spiro atoms. The minimum absolute atomic E-state index is 0.0530. The number of hydrogen-bond acceptors (Lipinski definition) is 13. The van der Waals surface area contributed by atoms with Crippen molar-refractivity contribution >= 4 is 57.9 Å². The number of pyridine rings is 1. The monoisotopic (exact) mass is 734 g/mol. The minimum Gasteiger partial charge on any atom is -0.438 e. The second kappa shape index (κ2) is 15.3. The lowest BCUT2D eigenvalue weighted by Crippen LogP contribution is -2.36. The lowest BCUT2D eigenvalue weighted by molar-refractivity contribution is -0.150. The number of halogens is 2. The van der Waals surface area contributed by atoms with Gasteiger partial charge in [-0.1, -0.05) is 50.6 Å². The van der Waals surface area contributed by atoms with Gasteiger partial charge in [-0.25, -0.2) is 22.6 Å². The number of alkyl halides is 1. The molecular weight excluding hydrogens is 698 g/mol. The number of carbonyl (C=O) groups is 2. The summed E-state index contributed by atoms with van der Waals surface area (Å²) in [7, 11) is -9.19. The topological polar surface area (TPSA) is 205 Å². The third-order valence-corrected chi connectivity index (χ3v) is 12.9. The van der Waals surface area contributed by atoms with Crippen LogP contribution in [-0.4, -0.2) is 83.6 Å². The SMILES string of the molecule is CCCCCCCCC(=O)OCOP(=O)(O)CS(=O)(=O)C[C@H]1O[C@@H](n2ccc3c(NC4CC(F)C4)c(C#N)c(Cl)nc32)[C@@H]2OC(=O)O[C@@H]21. The van der Waals surface area contributed by atoms with Gasteiger partial charge in [0.25, 0.3) is 0 Å². The average molecular weight is 735 g/mol. The van der Waals surface area contributed by atoms with Gasteiger partial charge in [0.1, 0.15) is 29.6 Å². The lowest BCUT2D eigenvalue weighted by Gasteiger charge is -2.31. The van der Waals surface area contributed by atoms with Crippen LogP contribution in [0.5, 0.6) is 0 Å². The number of fused-ring (bicyclic) bond motifs is 2. The van der Waals surface area contributed by atoms with E-state index < -0.39 is 78.3 Å². The van der Waals surface area contributed by atoms with Crippen molar-refractivity contribution < 1.29 is 55.3 Å². The van der Waals surface area contributed by atoms with Gasteiger partial charge in [0, 0.05) is 24.0 Å². The maximum Gasteiger partial charge on any atom is 0.509 e. The highest BCUT2D eigenvalue weighted by molar-refractivity contribution is 7.97. The van der Waals surface area contributed by atoms with Crippen molar-refractivity contribution in [1.29, 1.82) is 5.26 Å². The van der Waals surface area contributed by atoms with Crippen LogP contribution in [0.2, 0.25) is 5.15 Å². The number of ether oxygens (including phenoxy) is 4. The number of nitrogens with one attached hydrogen (secondary N) is 1. The predicted octanol–water partition coefficient (Wildman–Crippen LogP) is 5.10. The van der Waals surface area contributed by atoms with E-state index in [2.05, 4.69) is 17.2 Å². The van der Waals surface area contributed by atoms with Gasteiger partial charge in [-0.05, 0) is 25.3 Å². The molecule has 0 bridgehead atoms. The van der Waals surface area contributed by atoms with Gasteiger partial charge in [-0.3, -0.25) is 13.9 Å². The molecule has 2 saturated heterocycles. The van der Waals surface area contributed by atoms with Crippen LogP contribution in [0, 0.1) is 11.3 Å². The Morgan fingerprint density at radius 2 is 1.96 bits per heavy atom. The molecule has 4 heterocycles. The molecule has 0 radical (unpaired) electrons. The summed E-state index contributed by atoms with van der Waals surface area (Å²) < 4.78 is 79.8. The molecule has 15 nitrogen and oxygen atoms in total. The Kier molecular flexibility index (Phi) is 11.5. The summed E-state index contributed by atoms with van der Waals surface area (Å²) >= 11 is 6.35. The number of unbranched alkanes of at least 4 members (excludes halogenated alkanes) is 5. The van der Waals surface area contributed by atoms with Crippen molar-refractivity contribution in [3.63, 3.8) is 0 Å². The molecule has 0 amide bonds. The molecule has 2 aliphatic heterocycles. The van der Waals surface area contributed by atoms with Crippen LogP contribution in [0.15, 0.2) is 12.3 Å². The number of rotatable bonds is 17. The summed E-state index contributed by atoms with van der Waals surface area (Å²) in [6, 6.07) is 3.38. The van der Waals surface area contributed by atoms with Crippen molar-refractivity contribution in [2.24, 2.45) is 0 Å². The van der Waals surface area contributed by atoms with Crippen LogP contribution < -0.4 is 5.32 Å². The molecule has 1 saturated carbocycles. The van der Waals surface area contributed by atoms with Gasteiger partial charge in [0.05, 0.1) is 11.4 Å². The summed E-state index contributed by atoms with van der Waals surface area (Å²) in [5.74, 6) is -1.48. The van der Waals surface area contributed by atoms with E-state index in [1.807, 2.05) is 6.07 Å². The predicted molar refractivity (Wildman–Crippen MR) is 169 cm³/mol. The Bertz CT molecular complexity index is 1710. The Morgan fingerprint density at radius 1 is 1.25 bits per heavy atom. The number of carbonyl (C=O) groups excluding carboxylic acids is 2. The normalized spacial score (nSPS) is 26.2. The van der Waals surface area contributed by atoms with E-state index >= 15 is 0 Å². The number of anilines is 1. The summed E-state index contributed by atoms with van der Waals surface area (Å²) in [6.07, 6.45) is 0.974. The van der Waals surface area contributed by atoms with Crippen LogP contribution in [0.25, 0.3) is 11.0 Å². The molecule has 264 valence electrons. The van der Waals surface area contributed by atoms with Gasteiger partial charge in [0.15, 0.2) is 38.9 Å². The highest BCUT2D eigenvalue weighted by Gasteiger charge is 2.56. The number of aromatic nitrogens is 2. The molecule has 0 aromatic carbocycles. The first-order chi connectivity index (χ1) is 22.8. The van der Waals surface area contributed by atoms with E-state index in [0.29, 0.717) is 17.5 Å². The largest absolute Gasteiger partial charge is 0.509 e. The van der Waals surface area contributed by atoms with Crippen LogP contribution in [0.3, 0.4) is 0 Å². The Balaban J connectivity index is 1.23. The molecule has 48 heavy (non-hydrogen) atoms. The molecular formula is C29H37ClFN4O11PS. The lowest BCUT2D eigenvalue weighted by atomic mass is 9.90. The zero-order chi connectivity index (χ0) is 34.6. The number of esters is 1. The molecule has 5 atom stereocenters. The zero-order valence-electron chi connectivity index (χ0n) is 26.1. The highest BCUT2D eigenvalue weighted by Crippen LogP contribution is 2.46. The van der Waals surface area contributed by atoms with Gasteiger partial charge >= 0.3 is 19.7 Å². The van der Waals surface area contributed by atoms with Crippen molar-refractivity contribution in [3.8, 4) is 6.07 Å². The summed E-state index contributed by atoms with van der Waals surface area (Å²) in [4.78, 5) is 38.6. The number of nitrogens with zero attached hydrogens (tertiary/aromatic N) is 3. The van der Waals surface area contributed by atoms with Crippen LogP contribution in [0.4, 0.5) is 14.9 Å². The third-order valence-electron chi connectivity index (χ3n) is 8.37. The molecule has 3 aliphatic rings.